The number of nitrogens with zero attached hydrogens (tertiary/aromatic N) is 1. The standard InChI is InChI=1S/C17H18F2N2O2/c1-17(23,13-3-5-14(18)6-4-13)11-21-16(22)7-2-12-8-15(19)10-20-9-12/h3-6,8-10,23H,2,7,11H2,1H3,(H,21,22). The molecule has 1 amide bonds. The van der Waals surface area contributed by atoms with E-state index in [0.717, 1.165) is 6.20 Å². The fraction of sp³-hybridized carbons (Fsp3) is 0.294. The molecule has 0 aliphatic heterocycles. The van der Waals surface area contributed by atoms with Crippen LogP contribution in [0.5, 0.6) is 0 Å². The van der Waals surface area contributed by atoms with Crippen molar-refractivity contribution in [2.24, 2.45) is 0 Å². The fourth-order valence-electron chi connectivity index (χ4n) is 2.12. The fourth-order valence-corrected chi connectivity index (χ4v) is 2.12. The Labute approximate surface area is 133 Å². The largest absolute Gasteiger partial charge is 0.384 e. The number of pyridine rings is 1. The molecule has 1 heterocycles. The summed E-state index contributed by atoms with van der Waals surface area (Å²) in [5.41, 5.74) is -0.164. The molecule has 2 N–H and O–H groups in total. The van der Waals surface area contributed by atoms with Gasteiger partial charge in [0.1, 0.15) is 17.2 Å². The van der Waals surface area contributed by atoms with E-state index in [4.69, 9.17) is 0 Å². The van der Waals surface area contributed by atoms with Crippen molar-refractivity contribution in [2.45, 2.75) is 25.4 Å². The predicted octanol–water partition coefficient (Wildman–Crippen LogP) is 2.32. The number of amides is 1. The summed E-state index contributed by atoms with van der Waals surface area (Å²) < 4.78 is 25.9. The second-order valence-electron chi connectivity index (χ2n) is 5.57. The van der Waals surface area contributed by atoms with Gasteiger partial charge in [-0.3, -0.25) is 9.78 Å². The lowest BCUT2D eigenvalue weighted by Gasteiger charge is -2.24. The van der Waals surface area contributed by atoms with E-state index >= 15 is 0 Å². The third-order valence-electron chi connectivity index (χ3n) is 3.50. The van der Waals surface area contributed by atoms with E-state index < -0.39 is 17.2 Å². The summed E-state index contributed by atoms with van der Waals surface area (Å²) in [6.45, 7) is 1.54. The normalized spacial score (nSPS) is 13.4. The lowest BCUT2D eigenvalue weighted by Crippen LogP contribution is -2.38. The Balaban J connectivity index is 1.84. The van der Waals surface area contributed by atoms with Crippen LogP contribution in [0.4, 0.5) is 8.78 Å². The van der Waals surface area contributed by atoms with E-state index in [9.17, 15) is 18.7 Å². The summed E-state index contributed by atoms with van der Waals surface area (Å²) in [6, 6.07) is 6.78. The average molecular weight is 320 g/mol. The van der Waals surface area contributed by atoms with Crippen molar-refractivity contribution in [2.75, 3.05) is 6.54 Å². The Morgan fingerprint density at radius 3 is 2.57 bits per heavy atom. The highest BCUT2D eigenvalue weighted by molar-refractivity contribution is 5.76. The molecule has 2 aromatic rings. The van der Waals surface area contributed by atoms with Crippen LogP contribution in [0.1, 0.15) is 24.5 Å². The van der Waals surface area contributed by atoms with Crippen molar-refractivity contribution in [1.82, 2.24) is 10.3 Å². The molecule has 1 aromatic heterocycles. The summed E-state index contributed by atoms with van der Waals surface area (Å²) in [7, 11) is 0. The van der Waals surface area contributed by atoms with Crippen LogP contribution in [-0.2, 0) is 16.8 Å². The zero-order valence-electron chi connectivity index (χ0n) is 12.7. The topological polar surface area (TPSA) is 62.2 Å². The van der Waals surface area contributed by atoms with Crippen molar-refractivity contribution in [3.8, 4) is 0 Å². The number of carbonyl (C=O) groups is 1. The van der Waals surface area contributed by atoms with Crippen LogP contribution < -0.4 is 5.32 Å². The maximum Gasteiger partial charge on any atom is 0.220 e. The van der Waals surface area contributed by atoms with Gasteiger partial charge in [-0.15, -0.1) is 0 Å². The predicted molar refractivity (Wildman–Crippen MR) is 81.5 cm³/mol. The number of aryl methyl sites for hydroxylation is 1. The molecule has 0 fully saturated rings. The summed E-state index contributed by atoms with van der Waals surface area (Å²) in [4.78, 5) is 15.6. The number of aliphatic hydroxyl groups is 1. The van der Waals surface area contributed by atoms with Crippen LogP contribution >= 0.6 is 0 Å². The number of hydrogen-bond acceptors (Lipinski definition) is 3. The summed E-state index contributed by atoms with van der Waals surface area (Å²) in [5, 5.41) is 13.0. The smallest absolute Gasteiger partial charge is 0.220 e. The molecule has 0 spiro atoms. The Hall–Kier alpha value is -2.34. The van der Waals surface area contributed by atoms with Gasteiger partial charge in [0.25, 0.3) is 0 Å². The molecule has 1 atom stereocenters. The van der Waals surface area contributed by atoms with E-state index in [1.807, 2.05) is 0 Å². The maximum atomic E-state index is 13.0. The van der Waals surface area contributed by atoms with Gasteiger partial charge in [0.2, 0.25) is 5.91 Å². The van der Waals surface area contributed by atoms with Gasteiger partial charge in [-0.2, -0.15) is 0 Å². The molecule has 0 aliphatic carbocycles. The SMILES string of the molecule is CC(O)(CNC(=O)CCc1cncc(F)c1)c1ccc(F)cc1. The second-order valence-corrected chi connectivity index (χ2v) is 5.57. The van der Waals surface area contributed by atoms with Crippen LogP contribution in [0.2, 0.25) is 0 Å². The van der Waals surface area contributed by atoms with E-state index in [1.54, 1.807) is 0 Å². The van der Waals surface area contributed by atoms with Crippen LogP contribution in [0.15, 0.2) is 42.7 Å². The first kappa shape index (κ1) is 17.0. The van der Waals surface area contributed by atoms with Crippen LogP contribution in [0.3, 0.4) is 0 Å². The molecule has 0 aliphatic rings. The van der Waals surface area contributed by atoms with E-state index in [-0.39, 0.29) is 18.9 Å². The number of carbonyl (C=O) groups excluding carboxylic acids is 1. The quantitative estimate of drug-likeness (QED) is 0.858. The summed E-state index contributed by atoms with van der Waals surface area (Å²) >= 11 is 0. The van der Waals surface area contributed by atoms with Gasteiger partial charge in [0.15, 0.2) is 0 Å². The number of aromatic nitrogens is 1. The Morgan fingerprint density at radius 1 is 1.22 bits per heavy atom. The Kier molecular flexibility index (Phi) is 5.39. The van der Waals surface area contributed by atoms with Crippen LogP contribution in [0.25, 0.3) is 0 Å². The van der Waals surface area contributed by atoms with E-state index in [2.05, 4.69) is 10.3 Å². The van der Waals surface area contributed by atoms with E-state index in [0.29, 0.717) is 17.5 Å². The minimum atomic E-state index is -1.30. The highest BCUT2D eigenvalue weighted by atomic mass is 19.1. The first-order chi connectivity index (χ1) is 10.9. The zero-order chi connectivity index (χ0) is 16.9. The zero-order valence-corrected chi connectivity index (χ0v) is 12.7. The van der Waals surface area contributed by atoms with Gasteiger partial charge in [0.05, 0.1) is 12.7 Å². The molecular formula is C17H18F2N2O2. The Morgan fingerprint density at radius 2 is 1.91 bits per heavy atom. The molecule has 4 nitrogen and oxygen atoms in total. The molecule has 0 saturated carbocycles. The van der Waals surface area contributed by atoms with Crippen molar-refractivity contribution in [3.63, 3.8) is 0 Å². The molecule has 0 bridgehead atoms. The third kappa shape index (κ3) is 5.10. The molecule has 122 valence electrons. The number of benzene rings is 1. The van der Waals surface area contributed by atoms with Crippen molar-refractivity contribution < 1.29 is 18.7 Å². The van der Waals surface area contributed by atoms with Crippen molar-refractivity contribution >= 4 is 5.91 Å². The molecule has 23 heavy (non-hydrogen) atoms. The van der Waals surface area contributed by atoms with Crippen LogP contribution in [0, 0.1) is 11.6 Å². The number of rotatable bonds is 6. The molecule has 1 aromatic carbocycles. The highest BCUT2D eigenvalue weighted by Gasteiger charge is 2.23. The van der Waals surface area contributed by atoms with Crippen LogP contribution in [-0.4, -0.2) is 22.5 Å². The monoisotopic (exact) mass is 320 g/mol. The summed E-state index contributed by atoms with van der Waals surface area (Å²) in [6.07, 6.45) is 3.12. The third-order valence-corrected chi connectivity index (χ3v) is 3.50. The number of halogens is 2. The van der Waals surface area contributed by atoms with Crippen molar-refractivity contribution in [3.05, 3.63) is 65.5 Å². The van der Waals surface area contributed by atoms with Gasteiger partial charge in [0, 0.05) is 12.6 Å². The minimum absolute atomic E-state index is 0.00112. The lowest BCUT2D eigenvalue weighted by atomic mass is 9.96. The lowest BCUT2D eigenvalue weighted by molar-refractivity contribution is -0.122. The van der Waals surface area contributed by atoms with Crippen molar-refractivity contribution in [1.29, 1.82) is 0 Å². The molecule has 0 saturated heterocycles. The molecule has 6 heteroatoms. The first-order valence-corrected chi connectivity index (χ1v) is 7.21. The van der Waals surface area contributed by atoms with E-state index in [1.165, 1.54) is 43.5 Å². The van der Waals surface area contributed by atoms with Gasteiger partial charge in [-0.25, -0.2) is 8.78 Å². The van der Waals surface area contributed by atoms with Gasteiger partial charge in [-0.05, 0) is 42.7 Å². The average Bonchev–Trinajstić information content (AvgIpc) is 2.51. The first-order valence-electron chi connectivity index (χ1n) is 7.21. The summed E-state index contributed by atoms with van der Waals surface area (Å²) in [5.74, 6) is -1.10. The number of nitrogens with one attached hydrogen (secondary N) is 1. The molecule has 1 unspecified atom stereocenters. The van der Waals surface area contributed by atoms with Gasteiger partial charge < -0.3 is 10.4 Å². The second kappa shape index (κ2) is 7.28. The van der Waals surface area contributed by atoms with Gasteiger partial charge >= 0.3 is 0 Å². The highest BCUT2D eigenvalue weighted by Crippen LogP contribution is 2.19. The maximum absolute atomic E-state index is 13.0. The minimum Gasteiger partial charge on any atom is -0.384 e. The molecule has 2 rings (SSSR count). The Bertz CT molecular complexity index is 673. The molecule has 0 radical (unpaired) electrons. The number of hydrogen-bond donors (Lipinski definition) is 2. The van der Waals surface area contributed by atoms with Gasteiger partial charge in [-0.1, -0.05) is 12.1 Å². The molecular weight excluding hydrogens is 302 g/mol.